The fourth-order valence-corrected chi connectivity index (χ4v) is 4.38. The van der Waals surface area contributed by atoms with Gasteiger partial charge >= 0.3 is 0 Å². The second-order valence-corrected chi connectivity index (χ2v) is 8.62. The summed E-state index contributed by atoms with van der Waals surface area (Å²) in [5.41, 5.74) is 2.12. The first kappa shape index (κ1) is 23.3. The standard InChI is InChI=1S/C25H38N4O2/c1-2-12-24(30)26-17-9-5-6-15-23-27-21-13-7-8-14-22(21)29(23)20-16-25(31)28-18-10-3-4-11-19-28/h7-8,13-14H,2-6,9-12,15-20H2,1H3,(H,26,30). The highest BCUT2D eigenvalue weighted by atomic mass is 16.2. The fourth-order valence-electron chi connectivity index (χ4n) is 4.38. The molecule has 1 N–H and O–H groups in total. The Balaban J connectivity index is 1.53. The normalized spacial score (nSPS) is 14.5. The molecule has 1 aliphatic heterocycles. The van der Waals surface area contributed by atoms with Gasteiger partial charge in [-0.05, 0) is 44.2 Å². The molecule has 1 fully saturated rings. The number of rotatable bonds is 11. The minimum Gasteiger partial charge on any atom is -0.356 e. The number of likely N-dealkylation sites (tertiary alicyclic amines) is 1. The van der Waals surface area contributed by atoms with Gasteiger partial charge in [0.15, 0.2) is 0 Å². The number of para-hydroxylation sites is 2. The van der Waals surface area contributed by atoms with Crippen LogP contribution in [0.5, 0.6) is 0 Å². The highest BCUT2D eigenvalue weighted by Crippen LogP contribution is 2.19. The molecule has 6 heteroatoms. The smallest absolute Gasteiger partial charge is 0.224 e. The summed E-state index contributed by atoms with van der Waals surface area (Å²) in [6, 6.07) is 8.21. The Labute approximate surface area is 186 Å². The van der Waals surface area contributed by atoms with E-state index in [9.17, 15) is 9.59 Å². The molecule has 0 saturated carbocycles. The molecule has 0 unspecified atom stereocenters. The molecule has 2 amide bonds. The van der Waals surface area contributed by atoms with Gasteiger partial charge in [0.25, 0.3) is 0 Å². The topological polar surface area (TPSA) is 67.2 Å². The van der Waals surface area contributed by atoms with Crippen molar-refractivity contribution in [1.82, 2.24) is 19.8 Å². The van der Waals surface area contributed by atoms with E-state index in [4.69, 9.17) is 4.98 Å². The summed E-state index contributed by atoms with van der Waals surface area (Å²) in [6.45, 7) is 5.28. The number of carbonyl (C=O) groups is 2. The summed E-state index contributed by atoms with van der Waals surface area (Å²) in [7, 11) is 0. The maximum absolute atomic E-state index is 12.8. The lowest BCUT2D eigenvalue weighted by atomic mass is 10.2. The number of unbranched alkanes of at least 4 members (excludes halogenated alkanes) is 2. The van der Waals surface area contributed by atoms with E-state index in [0.29, 0.717) is 19.4 Å². The number of fused-ring (bicyclic) bond motifs is 1. The first-order valence-electron chi connectivity index (χ1n) is 12.2. The first-order valence-corrected chi connectivity index (χ1v) is 12.2. The quantitative estimate of drug-likeness (QED) is 0.540. The van der Waals surface area contributed by atoms with Crippen molar-refractivity contribution in [2.45, 2.75) is 84.1 Å². The van der Waals surface area contributed by atoms with Gasteiger partial charge in [-0.2, -0.15) is 0 Å². The number of imidazole rings is 1. The minimum atomic E-state index is 0.151. The van der Waals surface area contributed by atoms with Crippen molar-refractivity contribution < 1.29 is 9.59 Å². The van der Waals surface area contributed by atoms with E-state index in [1.165, 1.54) is 12.8 Å². The third-order valence-corrected chi connectivity index (χ3v) is 6.12. The minimum absolute atomic E-state index is 0.151. The third kappa shape index (κ3) is 7.08. The van der Waals surface area contributed by atoms with Crippen molar-refractivity contribution in [3.63, 3.8) is 0 Å². The summed E-state index contributed by atoms with van der Waals surface area (Å²) in [6.07, 6.45) is 10.8. The lowest BCUT2D eigenvalue weighted by Crippen LogP contribution is -2.32. The van der Waals surface area contributed by atoms with Crippen LogP contribution in [0.3, 0.4) is 0 Å². The molecule has 170 valence electrons. The highest BCUT2D eigenvalue weighted by Gasteiger charge is 2.17. The Kier molecular flexibility index (Phi) is 9.38. The molecule has 0 bridgehead atoms. The number of hydrogen-bond donors (Lipinski definition) is 1. The Hall–Kier alpha value is -2.37. The maximum atomic E-state index is 12.8. The van der Waals surface area contributed by atoms with E-state index >= 15 is 0 Å². The molecule has 0 spiro atoms. The summed E-state index contributed by atoms with van der Waals surface area (Å²) in [5.74, 6) is 1.49. The van der Waals surface area contributed by atoms with Crippen LogP contribution in [-0.4, -0.2) is 45.9 Å². The Morgan fingerprint density at radius 2 is 1.77 bits per heavy atom. The van der Waals surface area contributed by atoms with Gasteiger partial charge in [-0.3, -0.25) is 9.59 Å². The molecule has 31 heavy (non-hydrogen) atoms. The largest absolute Gasteiger partial charge is 0.356 e. The maximum Gasteiger partial charge on any atom is 0.224 e. The number of aryl methyl sites for hydroxylation is 2. The lowest BCUT2D eigenvalue weighted by molar-refractivity contribution is -0.131. The summed E-state index contributed by atoms with van der Waals surface area (Å²) < 4.78 is 2.24. The first-order chi connectivity index (χ1) is 15.2. The average molecular weight is 427 g/mol. The van der Waals surface area contributed by atoms with Crippen LogP contribution in [0.15, 0.2) is 24.3 Å². The Morgan fingerprint density at radius 3 is 2.55 bits per heavy atom. The van der Waals surface area contributed by atoms with Crippen molar-refractivity contribution in [2.24, 2.45) is 0 Å². The van der Waals surface area contributed by atoms with Crippen molar-refractivity contribution in [2.75, 3.05) is 19.6 Å². The number of nitrogens with zero attached hydrogens (tertiary/aromatic N) is 3. The fraction of sp³-hybridized carbons (Fsp3) is 0.640. The molecule has 3 rings (SSSR count). The number of benzene rings is 1. The predicted octanol–water partition coefficient (Wildman–Crippen LogP) is 4.46. The van der Waals surface area contributed by atoms with Gasteiger partial charge in [-0.1, -0.05) is 38.3 Å². The second-order valence-electron chi connectivity index (χ2n) is 8.62. The summed E-state index contributed by atoms with van der Waals surface area (Å²) in [4.78, 5) is 31.2. The summed E-state index contributed by atoms with van der Waals surface area (Å²) in [5, 5.41) is 2.98. The van der Waals surface area contributed by atoms with Gasteiger partial charge in [0, 0.05) is 45.4 Å². The van der Waals surface area contributed by atoms with Gasteiger partial charge < -0.3 is 14.8 Å². The zero-order valence-electron chi connectivity index (χ0n) is 19.1. The number of amides is 2. The molecule has 1 aliphatic rings. The van der Waals surface area contributed by atoms with Crippen molar-refractivity contribution >= 4 is 22.8 Å². The van der Waals surface area contributed by atoms with E-state index in [1.807, 2.05) is 19.1 Å². The number of carbonyl (C=O) groups excluding carboxylic acids is 2. The van der Waals surface area contributed by atoms with Crippen LogP contribution >= 0.6 is 0 Å². The van der Waals surface area contributed by atoms with Crippen LogP contribution in [0, 0.1) is 0 Å². The average Bonchev–Trinajstić information content (AvgIpc) is 2.92. The lowest BCUT2D eigenvalue weighted by Gasteiger charge is -2.20. The van der Waals surface area contributed by atoms with E-state index in [-0.39, 0.29) is 11.8 Å². The van der Waals surface area contributed by atoms with E-state index in [1.54, 1.807) is 0 Å². The molecule has 1 aromatic heterocycles. The Morgan fingerprint density at radius 1 is 1.00 bits per heavy atom. The molecule has 1 saturated heterocycles. The van der Waals surface area contributed by atoms with Crippen molar-refractivity contribution in [3.8, 4) is 0 Å². The van der Waals surface area contributed by atoms with Crippen molar-refractivity contribution in [1.29, 1.82) is 0 Å². The van der Waals surface area contributed by atoms with Gasteiger partial charge in [-0.25, -0.2) is 4.98 Å². The van der Waals surface area contributed by atoms with E-state index < -0.39 is 0 Å². The van der Waals surface area contributed by atoms with Crippen LogP contribution in [0.25, 0.3) is 11.0 Å². The molecule has 0 radical (unpaired) electrons. The van der Waals surface area contributed by atoms with E-state index in [0.717, 1.165) is 81.4 Å². The van der Waals surface area contributed by atoms with Crippen LogP contribution in [0.1, 0.15) is 77.0 Å². The van der Waals surface area contributed by atoms with Crippen LogP contribution in [0.2, 0.25) is 0 Å². The third-order valence-electron chi connectivity index (χ3n) is 6.12. The molecular weight excluding hydrogens is 388 g/mol. The van der Waals surface area contributed by atoms with Crippen LogP contribution < -0.4 is 5.32 Å². The monoisotopic (exact) mass is 426 g/mol. The zero-order chi connectivity index (χ0) is 21.9. The van der Waals surface area contributed by atoms with E-state index in [2.05, 4.69) is 26.9 Å². The summed E-state index contributed by atoms with van der Waals surface area (Å²) >= 11 is 0. The van der Waals surface area contributed by atoms with Gasteiger partial charge in [0.05, 0.1) is 11.0 Å². The SMILES string of the molecule is CCCC(=O)NCCCCCc1nc2ccccc2n1CCC(=O)N1CCCCCC1. The van der Waals surface area contributed by atoms with Gasteiger partial charge in [-0.15, -0.1) is 0 Å². The van der Waals surface area contributed by atoms with Crippen molar-refractivity contribution in [3.05, 3.63) is 30.1 Å². The zero-order valence-corrected chi connectivity index (χ0v) is 19.1. The predicted molar refractivity (Wildman–Crippen MR) is 125 cm³/mol. The second kappa shape index (κ2) is 12.5. The molecule has 2 heterocycles. The van der Waals surface area contributed by atoms with Gasteiger partial charge in [0.1, 0.15) is 5.82 Å². The Bertz CT molecular complexity index is 837. The van der Waals surface area contributed by atoms with Gasteiger partial charge in [0.2, 0.25) is 11.8 Å². The van der Waals surface area contributed by atoms with Crippen LogP contribution in [-0.2, 0) is 22.6 Å². The molecular formula is C25H38N4O2. The molecule has 0 aliphatic carbocycles. The van der Waals surface area contributed by atoms with Crippen LogP contribution in [0.4, 0.5) is 0 Å². The molecule has 0 atom stereocenters. The molecule has 2 aromatic rings. The molecule has 1 aromatic carbocycles. The number of nitrogens with one attached hydrogen (secondary N) is 1. The highest BCUT2D eigenvalue weighted by molar-refractivity contribution is 5.78. The number of hydrogen-bond acceptors (Lipinski definition) is 3. The number of aromatic nitrogens is 2. The molecule has 6 nitrogen and oxygen atoms in total.